The Labute approximate surface area is 152 Å². The lowest BCUT2D eigenvalue weighted by Gasteiger charge is -2.33. The maximum absolute atomic E-state index is 12.7. The summed E-state index contributed by atoms with van der Waals surface area (Å²) in [5, 5.41) is 4.41. The molecule has 1 saturated carbocycles. The first-order valence-corrected chi connectivity index (χ1v) is 10.3. The molecule has 0 spiro atoms. The van der Waals surface area contributed by atoms with Crippen molar-refractivity contribution in [3.8, 4) is 0 Å². The number of hydrogen-bond acceptors (Lipinski definition) is 5. The van der Waals surface area contributed by atoms with Crippen molar-refractivity contribution in [3.05, 3.63) is 17.3 Å². The molecule has 1 amide bonds. The zero-order valence-electron chi connectivity index (χ0n) is 14.8. The Balaban J connectivity index is 1.51. The fourth-order valence-corrected chi connectivity index (χ4v) is 5.02. The number of hydrogen-bond donors (Lipinski definition) is 1. The number of aromatic nitrogens is 2. The molecule has 0 radical (unpaired) electrons. The third-order valence-corrected chi connectivity index (χ3v) is 6.69. The summed E-state index contributed by atoms with van der Waals surface area (Å²) in [6.07, 6.45) is 9.48. The van der Waals surface area contributed by atoms with Crippen LogP contribution in [0.2, 0.25) is 0 Å². The van der Waals surface area contributed by atoms with Crippen LogP contribution in [-0.2, 0) is 11.2 Å². The van der Waals surface area contributed by atoms with Crippen molar-refractivity contribution in [1.82, 2.24) is 15.3 Å². The molecule has 3 heterocycles. The van der Waals surface area contributed by atoms with E-state index in [1.165, 1.54) is 17.7 Å². The molecule has 1 aliphatic heterocycles. The second-order valence-corrected chi connectivity index (χ2v) is 8.37. The summed E-state index contributed by atoms with van der Waals surface area (Å²) >= 11 is 1.75. The van der Waals surface area contributed by atoms with Crippen molar-refractivity contribution in [2.45, 2.75) is 57.9 Å². The molecule has 0 aromatic carbocycles. The highest BCUT2D eigenvalue weighted by atomic mass is 32.1. The quantitative estimate of drug-likeness (QED) is 0.908. The van der Waals surface area contributed by atoms with Crippen LogP contribution in [0.4, 0.5) is 5.82 Å². The summed E-state index contributed by atoms with van der Waals surface area (Å²) in [4.78, 5) is 26.4. The molecule has 134 valence electrons. The fraction of sp³-hybridized carbons (Fsp3) is 0.632. The first-order chi connectivity index (χ1) is 12.2. The normalized spacial score (nSPS) is 21.8. The summed E-state index contributed by atoms with van der Waals surface area (Å²) in [5.41, 5.74) is 0. The van der Waals surface area contributed by atoms with Gasteiger partial charge in [0.15, 0.2) is 0 Å². The Bertz CT molecular complexity index is 753. The second kappa shape index (κ2) is 7.28. The Morgan fingerprint density at radius 3 is 2.92 bits per heavy atom. The van der Waals surface area contributed by atoms with Crippen molar-refractivity contribution >= 4 is 33.3 Å². The molecule has 0 unspecified atom stereocenters. The third-order valence-electron chi connectivity index (χ3n) is 5.50. The maximum atomic E-state index is 12.7. The van der Waals surface area contributed by atoms with Gasteiger partial charge in [-0.25, -0.2) is 9.97 Å². The number of nitrogens with zero attached hydrogens (tertiary/aromatic N) is 3. The summed E-state index contributed by atoms with van der Waals surface area (Å²) in [7, 11) is 0. The Morgan fingerprint density at radius 1 is 1.28 bits per heavy atom. The van der Waals surface area contributed by atoms with Crippen LogP contribution in [0.25, 0.3) is 10.2 Å². The van der Waals surface area contributed by atoms with Crippen molar-refractivity contribution in [3.63, 3.8) is 0 Å². The lowest BCUT2D eigenvalue weighted by Crippen LogP contribution is -2.45. The number of thiophene rings is 1. The van der Waals surface area contributed by atoms with Crippen LogP contribution in [0.15, 0.2) is 12.4 Å². The van der Waals surface area contributed by atoms with E-state index in [-0.39, 0.29) is 11.8 Å². The molecular weight excluding hydrogens is 332 g/mol. The molecule has 1 saturated heterocycles. The van der Waals surface area contributed by atoms with Crippen LogP contribution in [0.1, 0.15) is 50.3 Å². The van der Waals surface area contributed by atoms with Gasteiger partial charge in [-0.3, -0.25) is 4.79 Å². The van der Waals surface area contributed by atoms with E-state index in [9.17, 15) is 4.79 Å². The monoisotopic (exact) mass is 358 g/mol. The average molecular weight is 359 g/mol. The van der Waals surface area contributed by atoms with Gasteiger partial charge in [-0.1, -0.05) is 19.8 Å². The summed E-state index contributed by atoms with van der Waals surface area (Å²) < 4.78 is 0. The number of anilines is 1. The minimum Gasteiger partial charge on any atom is -0.355 e. The number of amides is 1. The minimum absolute atomic E-state index is 0.0728. The largest absolute Gasteiger partial charge is 0.355 e. The number of fused-ring (bicyclic) bond motifs is 1. The van der Waals surface area contributed by atoms with Gasteiger partial charge in [-0.05, 0) is 38.2 Å². The molecular formula is C19H26N4OS. The Morgan fingerprint density at radius 2 is 2.12 bits per heavy atom. The molecule has 6 heteroatoms. The maximum Gasteiger partial charge on any atom is 0.225 e. The molecule has 2 aliphatic rings. The molecule has 2 aromatic rings. The molecule has 1 atom stereocenters. The highest BCUT2D eigenvalue weighted by molar-refractivity contribution is 7.18. The standard InChI is InChI=1S/C19H26N4OS/c1-2-15-10-16-17(20-12-21-19(16)25-15)23-9-5-6-13(11-23)18(24)22-14-7-3-4-8-14/h10,12-14H,2-9,11H2,1H3,(H,22,24)/t13-/m1/s1. The molecule has 1 aliphatic carbocycles. The molecule has 5 nitrogen and oxygen atoms in total. The molecule has 1 N–H and O–H groups in total. The lowest BCUT2D eigenvalue weighted by molar-refractivity contribution is -0.125. The van der Waals surface area contributed by atoms with Crippen molar-refractivity contribution in [2.24, 2.45) is 5.92 Å². The van der Waals surface area contributed by atoms with Gasteiger partial charge in [0, 0.05) is 24.0 Å². The van der Waals surface area contributed by atoms with Gasteiger partial charge in [0.2, 0.25) is 5.91 Å². The van der Waals surface area contributed by atoms with E-state index in [1.807, 2.05) is 0 Å². The number of carbonyl (C=O) groups excluding carboxylic acids is 1. The summed E-state index contributed by atoms with van der Waals surface area (Å²) in [5.74, 6) is 1.31. The van der Waals surface area contributed by atoms with Crippen LogP contribution in [0.3, 0.4) is 0 Å². The van der Waals surface area contributed by atoms with Gasteiger partial charge < -0.3 is 10.2 Å². The number of nitrogens with one attached hydrogen (secondary N) is 1. The zero-order valence-corrected chi connectivity index (χ0v) is 15.6. The number of aryl methyl sites for hydroxylation is 1. The Hall–Kier alpha value is -1.69. The van der Waals surface area contributed by atoms with Crippen molar-refractivity contribution in [1.29, 1.82) is 0 Å². The van der Waals surface area contributed by atoms with Crippen molar-refractivity contribution < 1.29 is 4.79 Å². The van der Waals surface area contributed by atoms with E-state index < -0.39 is 0 Å². The second-order valence-electron chi connectivity index (χ2n) is 7.26. The first-order valence-electron chi connectivity index (χ1n) is 9.53. The molecule has 0 bridgehead atoms. The van der Waals surface area contributed by atoms with E-state index >= 15 is 0 Å². The average Bonchev–Trinajstić information content (AvgIpc) is 3.30. The number of rotatable bonds is 4. The third kappa shape index (κ3) is 3.50. The topological polar surface area (TPSA) is 58.1 Å². The smallest absolute Gasteiger partial charge is 0.225 e. The van der Waals surface area contributed by atoms with Gasteiger partial charge in [-0.2, -0.15) is 0 Å². The highest BCUT2D eigenvalue weighted by Crippen LogP contribution is 2.32. The van der Waals surface area contributed by atoms with E-state index in [2.05, 4.69) is 33.2 Å². The van der Waals surface area contributed by atoms with Gasteiger partial charge in [0.05, 0.1) is 11.3 Å². The van der Waals surface area contributed by atoms with Gasteiger partial charge in [-0.15, -0.1) is 11.3 Å². The number of carbonyl (C=O) groups is 1. The predicted octanol–water partition coefficient (Wildman–Crippen LogP) is 3.53. The Kier molecular flexibility index (Phi) is 4.88. The SMILES string of the molecule is CCc1cc2c(N3CCC[C@@H](C(=O)NC4CCCC4)C3)ncnc2s1. The zero-order chi connectivity index (χ0) is 17.2. The van der Waals surface area contributed by atoms with E-state index in [4.69, 9.17) is 0 Å². The van der Waals surface area contributed by atoms with E-state index in [0.717, 1.165) is 61.2 Å². The first kappa shape index (κ1) is 16.8. The summed E-state index contributed by atoms with van der Waals surface area (Å²) in [6, 6.07) is 2.62. The molecule has 2 fully saturated rings. The molecule has 4 rings (SSSR count). The van der Waals surface area contributed by atoms with E-state index in [0.29, 0.717) is 6.04 Å². The minimum atomic E-state index is 0.0728. The lowest BCUT2D eigenvalue weighted by atomic mass is 9.96. The molecule has 25 heavy (non-hydrogen) atoms. The van der Waals surface area contributed by atoms with Crippen LogP contribution in [0.5, 0.6) is 0 Å². The van der Waals surface area contributed by atoms with Gasteiger partial charge in [0.25, 0.3) is 0 Å². The predicted molar refractivity (Wildman–Crippen MR) is 102 cm³/mol. The number of piperidine rings is 1. The van der Waals surface area contributed by atoms with Gasteiger partial charge >= 0.3 is 0 Å². The summed E-state index contributed by atoms with van der Waals surface area (Å²) in [6.45, 7) is 3.90. The highest BCUT2D eigenvalue weighted by Gasteiger charge is 2.29. The van der Waals surface area contributed by atoms with Crippen LogP contribution in [-0.4, -0.2) is 35.0 Å². The fourth-order valence-electron chi connectivity index (χ4n) is 4.09. The van der Waals surface area contributed by atoms with Gasteiger partial charge in [0.1, 0.15) is 17.0 Å². The molecule has 2 aromatic heterocycles. The van der Waals surface area contributed by atoms with Crippen molar-refractivity contribution in [2.75, 3.05) is 18.0 Å². The van der Waals surface area contributed by atoms with Crippen LogP contribution >= 0.6 is 11.3 Å². The van der Waals surface area contributed by atoms with Crippen LogP contribution < -0.4 is 10.2 Å². The van der Waals surface area contributed by atoms with Crippen LogP contribution in [0, 0.1) is 5.92 Å². The van der Waals surface area contributed by atoms with E-state index in [1.54, 1.807) is 17.7 Å².